The van der Waals surface area contributed by atoms with E-state index in [0.717, 1.165) is 0 Å². The highest BCUT2D eigenvalue weighted by molar-refractivity contribution is 5.94. The van der Waals surface area contributed by atoms with Crippen LogP contribution in [-0.2, 0) is 4.79 Å². The van der Waals surface area contributed by atoms with Crippen molar-refractivity contribution in [1.82, 2.24) is 0 Å². The maximum absolute atomic E-state index is 11.1. The molecule has 0 bridgehead atoms. The van der Waals surface area contributed by atoms with Gasteiger partial charge < -0.3 is 14.7 Å². The van der Waals surface area contributed by atoms with Crippen molar-refractivity contribution in [1.29, 1.82) is 0 Å². The van der Waals surface area contributed by atoms with Crippen LogP contribution in [0, 0.1) is 0 Å². The number of anilines is 1. The molecule has 1 aromatic carbocycles. The Hall–Kier alpha value is -2.04. The summed E-state index contributed by atoms with van der Waals surface area (Å²) in [4.78, 5) is 24.2. The van der Waals surface area contributed by atoms with Gasteiger partial charge in [0.25, 0.3) is 0 Å². The molecular weight excluding hydrogens is 234 g/mol. The van der Waals surface area contributed by atoms with Crippen molar-refractivity contribution in [2.75, 3.05) is 18.0 Å². The van der Waals surface area contributed by atoms with E-state index < -0.39 is 11.9 Å². The number of para-hydroxylation sites is 1. The smallest absolute Gasteiger partial charge is 0.339 e. The average molecular weight is 251 g/mol. The van der Waals surface area contributed by atoms with E-state index in [2.05, 4.69) is 0 Å². The van der Waals surface area contributed by atoms with Gasteiger partial charge in [-0.05, 0) is 26.0 Å². The highest BCUT2D eigenvalue weighted by Gasteiger charge is 2.19. The summed E-state index contributed by atoms with van der Waals surface area (Å²) in [7, 11) is 0. The number of hydrogen-bond acceptors (Lipinski definition) is 4. The molecule has 0 aliphatic heterocycles. The fourth-order valence-electron chi connectivity index (χ4n) is 1.76. The SMILES string of the molecule is CCN(CC)c1cccc(C(=O)O)c1OC(C)=O. The summed E-state index contributed by atoms with van der Waals surface area (Å²) in [6, 6.07) is 4.81. The number of carboxylic acids is 1. The van der Waals surface area contributed by atoms with E-state index in [0.29, 0.717) is 18.8 Å². The van der Waals surface area contributed by atoms with Gasteiger partial charge in [0.1, 0.15) is 5.56 Å². The first-order chi connectivity index (χ1) is 8.51. The Morgan fingerprint density at radius 1 is 1.28 bits per heavy atom. The molecule has 0 amide bonds. The molecule has 0 aliphatic rings. The molecule has 5 nitrogen and oxygen atoms in total. The molecule has 0 unspecified atom stereocenters. The molecule has 0 atom stereocenters. The van der Waals surface area contributed by atoms with Gasteiger partial charge in [0, 0.05) is 20.0 Å². The van der Waals surface area contributed by atoms with Crippen LogP contribution in [0.4, 0.5) is 5.69 Å². The lowest BCUT2D eigenvalue weighted by molar-refractivity contribution is -0.131. The summed E-state index contributed by atoms with van der Waals surface area (Å²) in [5.74, 6) is -1.53. The van der Waals surface area contributed by atoms with Gasteiger partial charge in [-0.3, -0.25) is 4.79 Å². The Labute approximate surface area is 106 Å². The van der Waals surface area contributed by atoms with E-state index in [1.165, 1.54) is 13.0 Å². The number of ether oxygens (including phenoxy) is 1. The topological polar surface area (TPSA) is 66.8 Å². The molecule has 0 aromatic heterocycles. The van der Waals surface area contributed by atoms with Crippen molar-refractivity contribution in [2.24, 2.45) is 0 Å². The quantitative estimate of drug-likeness (QED) is 0.641. The molecule has 0 aliphatic carbocycles. The Morgan fingerprint density at radius 3 is 2.33 bits per heavy atom. The minimum absolute atomic E-state index is 0.00500. The number of rotatable bonds is 5. The van der Waals surface area contributed by atoms with E-state index in [-0.39, 0.29) is 11.3 Å². The van der Waals surface area contributed by atoms with Crippen molar-refractivity contribution < 1.29 is 19.4 Å². The largest absolute Gasteiger partial charge is 0.478 e. The summed E-state index contributed by atoms with van der Waals surface area (Å²) in [6.07, 6.45) is 0. The van der Waals surface area contributed by atoms with Gasteiger partial charge in [-0.1, -0.05) is 6.07 Å². The Morgan fingerprint density at radius 2 is 1.89 bits per heavy atom. The van der Waals surface area contributed by atoms with Gasteiger partial charge in [0.15, 0.2) is 5.75 Å². The summed E-state index contributed by atoms with van der Waals surface area (Å²) in [5, 5.41) is 9.12. The van der Waals surface area contributed by atoms with Gasteiger partial charge in [0.05, 0.1) is 5.69 Å². The van der Waals surface area contributed by atoms with Crippen LogP contribution in [0.5, 0.6) is 5.75 Å². The van der Waals surface area contributed by atoms with Crippen molar-refractivity contribution in [3.8, 4) is 5.75 Å². The van der Waals surface area contributed by atoms with Gasteiger partial charge in [-0.25, -0.2) is 4.79 Å². The predicted octanol–water partition coefficient (Wildman–Crippen LogP) is 2.16. The molecular formula is C13H17NO4. The van der Waals surface area contributed by atoms with Crippen LogP contribution in [0.25, 0.3) is 0 Å². The summed E-state index contributed by atoms with van der Waals surface area (Å²) in [6.45, 7) is 6.56. The van der Waals surface area contributed by atoms with Crippen molar-refractivity contribution in [3.05, 3.63) is 23.8 Å². The minimum atomic E-state index is -1.11. The third-order valence-electron chi connectivity index (χ3n) is 2.57. The first-order valence-electron chi connectivity index (χ1n) is 5.80. The third kappa shape index (κ3) is 3.00. The molecule has 0 fully saturated rings. The molecule has 1 aromatic rings. The van der Waals surface area contributed by atoms with Crippen LogP contribution in [0.1, 0.15) is 31.1 Å². The zero-order chi connectivity index (χ0) is 13.7. The number of aromatic carboxylic acids is 1. The second-order valence-corrected chi connectivity index (χ2v) is 3.72. The molecule has 5 heteroatoms. The number of esters is 1. The molecule has 0 radical (unpaired) electrons. The number of hydrogen-bond donors (Lipinski definition) is 1. The minimum Gasteiger partial charge on any atom is -0.478 e. The van der Waals surface area contributed by atoms with E-state index in [1.54, 1.807) is 12.1 Å². The van der Waals surface area contributed by atoms with Crippen molar-refractivity contribution in [3.63, 3.8) is 0 Å². The Bertz CT molecular complexity index is 452. The molecule has 98 valence electrons. The zero-order valence-electron chi connectivity index (χ0n) is 10.8. The van der Waals surface area contributed by atoms with Crippen molar-refractivity contribution in [2.45, 2.75) is 20.8 Å². The summed E-state index contributed by atoms with van der Waals surface area (Å²) < 4.78 is 5.06. The van der Waals surface area contributed by atoms with E-state index in [4.69, 9.17) is 9.84 Å². The number of carboxylic acid groups (broad SMARTS) is 1. The molecule has 0 spiro atoms. The van der Waals surface area contributed by atoms with Gasteiger partial charge >= 0.3 is 11.9 Å². The first kappa shape index (κ1) is 14.0. The zero-order valence-corrected chi connectivity index (χ0v) is 10.8. The van der Waals surface area contributed by atoms with Crippen LogP contribution in [0.15, 0.2) is 18.2 Å². The first-order valence-corrected chi connectivity index (χ1v) is 5.80. The third-order valence-corrected chi connectivity index (χ3v) is 2.57. The summed E-state index contributed by atoms with van der Waals surface area (Å²) >= 11 is 0. The normalized spacial score (nSPS) is 9.94. The maximum Gasteiger partial charge on any atom is 0.339 e. The lowest BCUT2D eigenvalue weighted by Gasteiger charge is -2.24. The average Bonchev–Trinajstić information content (AvgIpc) is 2.31. The highest BCUT2D eigenvalue weighted by Crippen LogP contribution is 2.32. The number of benzene rings is 1. The van der Waals surface area contributed by atoms with E-state index in [1.807, 2.05) is 18.7 Å². The number of carbonyl (C=O) groups excluding carboxylic acids is 1. The second kappa shape index (κ2) is 6.05. The van der Waals surface area contributed by atoms with Crippen LogP contribution in [0.2, 0.25) is 0 Å². The maximum atomic E-state index is 11.1. The standard InChI is InChI=1S/C13H17NO4/c1-4-14(5-2)11-8-6-7-10(13(16)17)12(11)18-9(3)15/h6-8H,4-5H2,1-3H3,(H,16,17). The Kier molecular flexibility index (Phi) is 4.71. The Balaban J connectivity index is 3.35. The molecule has 1 rings (SSSR count). The lowest BCUT2D eigenvalue weighted by atomic mass is 10.1. The fraction of sp³-hybridized carbons (Fsp3) is 0.385. The number of nitrogens with zero attached hydrogens (tertiary/aromatic N) is 1. The van der Waals surface area contributed by atoms with E-state index >= 15 is 0 Å². The lowest BCUT2D eigenvalue weighted by Crippen LogP contribution is -2.23. The fourth-order valence-corrected chi connectivity index (χ4v) is 1.76. The molecule has 0 heterocycles. The summed E-state index contributed by atoms with van der Waals surface area (Å²) in [5.41, 5.74) is 0.615. The van der Waals surface area contributed by atoms with Crippen LogP contribution >= 0.6 is 0 Å². The van der Waals surface area contributed by atoms with E-state index in [9.17, 15) is 9.59 Å². The molecule has 0 saturated carbocycles. The highest BCUT2D eigenvalue weighted by atomic mass is 16.5. The predicted molar refractivity (Wildman–Crippen MR) is 68.3 cm³/mol. The van der Waals surface area contributed by atoms with Crippen LogP contribution in [0.3, 0.4) is 0 Å². The molecule has 0 saturated heterocycles. The van der Waals surface area contributed by atoms with Crippen molar-refractivity contribution >= 4 is 17.6 Å². The molecule has 1 N–H and O–H groups in total. The number of carbonyl (C=O) groups is 2. The second-order valence-electron chi connectivity index (χ2n) is 3.72. The van der Waals surface area contributed by atoms with Gasteiger partial charge in [0.2, 0.25) is 0 Å². The monoisotopic (exact) mass is 251 g/mol. The van der Waals surface area contributed by atoms with Gasteiger partial charge in [-0.15, -0.1) is 0 Å². The van der Waals surface area contributed by atoms with Crippen LogP contribution in [-0.4, -0.2) is 30.1 Å². The molecule has 18 heavy (non-hydrogen) atoms. The van der Waals surface area contributed by atoms with Crippen LogP contribution < -0.4 is 9.64 Å². The van der Waals surface area contributed by atoms with Gasteiger partial charge in [-0.2, -0.15) is 0 Å².